The highest BCUT2D eigenvalue weighted by molar-refractivity contribution is 5.56. The summed E-state index contributed by atoms with van der Waals surface area (Å²) >= 11 is 0. The highest BCUT2D eigenvalue weighted by atomic mass is 16.7. The molecule has 0 saturated carbocycles. The monoisotopic (exact) mass is 310 g/mol. The molecule has 2 aromatic rings. The molecule has 0 spiro atoms. The number of benzene rings is 2. The molecule has 1 fully saturated rings. The first-order chi connectivity index (χ1) is 11.2. The fourth-order valence-corrected chi connectivity index (χ4v) is 2.89. The number of rotatable bonds is 5. The van der Waals surface area contributed by atoms with Gasteiger partial charge in [0.15, 0.2) is 5.79 Å². The molecule has 1 atom stereocenters. The van der Waals surface area contributed by atoms with E-state index in [0.29, 0.717) is 13.2 Å². The molecule has 0 aliphatic carbocycles. The lowest BCUT2D eigenvalue weighted by Gasteiger charge is -2.24. The van der Waals surface area contributed by atoms with Gasteiger partial charge in [0.05, 0.1) is 13.2 Å². The highest BCUT2D eigenvalue weighted by Gasteiger charge is 2.34. The van der Waals surface area contributed by atoms with Crippen LogP contribution in [0.1, 0.15) is 29.7 Å². The molecular weight excluding hydrogens is 288 g/mol. The van der Waals surface area contributed by atoms with Gasteiger partial charge in [-0.1, -0.05) is 66.7 Å². The summed E-state index contributed by atoms with van der Waals surface area (Å²) in [6, 6.07) is 18.3. The lowest BCUT2D eigenvalue weighted by molar-refractivity contribution is -0.149. The Labute approximate surface area is 137 Å². The van der Waals surface area contributed by atoms with Crippen LogP contribution in [0.3, 0.4) is 0 Å². The first-order valence-electron chi connectivity index (χ1n) is 7.86. The van der Waals surface area contributed by atoms with Crippen molar-refractivity contribution < 1.29 is 14.2 Å². The normalized spacial score (nSPS) is 18.3. The van der Waals surface area contributed by atoms with E-state index >= 15 is 0 Å². The summed E-state index contributed by atoms with van der Waals surface area (Å²) < 4.78 is 17.2. The number of ether oxygens (including phenoxy) is 3. The fraction of sp³-hybridized carbons (Fsp3) is 0.300. The van der Waals surface area contributed by atoms with E-state index in [-0.39, 0.29) is 6.10 Å². The minimum atomic E-state index is -0.670. The molecule has 2 aromatic carbocycles. The van der Waals surface area contributed by atoms with Gasteiger partial charge in [0.1, 0.15) is 6.10 Å². The van der Waals surface area contributed by atoms with Gasteiger partial charge in [0.2, 0.25) is 0 Å². The average molecular weight is 310 g/mol. The van der Waals surface area contributed by atoms with Crippen molar-refractivity contribution in [2.45, 2.75) is 18.8 Å². The van der Waals surface area contributed by atoms with Crippen molar-refractivity contribution in [3.8, 4) is 0 Å². The standard InChI is InChI=1S/C20H22O3/c1-20(22-14-15-23-20)18-11-7-6-8-16(18)12-13-19(21-2)17-9-4-3-5-10-17/h3-13,19H,14-15H2,1-2H3/b13-12+. The van der Waals surface area contributed by atoms with E-state index in [1.165, 1.54) is 0 Å². The second-order valence-corrected chi connectivity index (χ2v) is 5.66. The van der Waals surface area contributed by atoms with Crippen LogP contribution in [-0.4, -0.2) is 20.3 Å². The Bertz CT molecular complexity index is 658. The summed E-state index contributed by atoms with van der Waals surface area (Å²) in [5, 5.41) is 0. The molecule has 0 aromatic heterocycles. The second kappa shape index (κ2) is 7.09. The van der Waals surface area contributed by atoms with Crippen LogP contribution < -0.4 is 0 Å². The lowest BCUT2D eigenvalue weighted by Crippen LogP contribution is -2.23. The molecule has 1 unspecified atom stereocenters. The molecule has 1 saturated heterocycles. The lowest BCUT2D eigenvalue weighted by atomic mass is 9.99. The minimum Gasteiger partial charge on any atom is -0.373 e. The smallest absolute Gasteiger partial charge is 0.192 e. The van der Waals surface area contributed by atoms with Crippen molar-refractivity contribution in [2.24, 2.45) is 0 Å². The van der Waals surface area contributed by atoms with Gasteiger partial charge in [-0.05, 0) is 18.1 Å². The Morgan fingerprint density at radius 2 is 1.65 bits per heavy atom. The van der Waals surface area contributed by atoms with Crippen LogP contribution in [0.15, 0.2) is 60.7 Å². The summed E-state index contributed by atoms with van der Waals surface area (Å²) in [5.74, 6) is -0.670. The second-order valence-electron chi connectivity index (χ2n) is 5.66. The summed E-state index contributed by atoms with van der Waals surface area (Å²) in [4.78, 5) is 0. The Hall–Kier alpha value is -1.94. The molecule has 1 aliphatic rings. The van der Waals surface area contributed by atoms with Crippen LogP contribution in [0.25, 0.3) is 6.08 Å². The highest BCUT2D eigenvalue weighted by Crippen LogP contribution is 2.34. The van der Waals surface area contributed by atoms with Crippen molar-refractivity contribution in [1.82, 2.24) is 0 Å². The van der Waals surface area contributed by atoms with Crippen molar-refractivity contribution in [1.29, 1.82) is 0 Å². The Morgan fingerprint density at radius 3 is 2.35 bits per heavy atom. The summed E-state index contributed by atoms with van der Waals surface area (Å²) in [5.41, 5.74) is 3.25. The van der Waals surface area contributed by atoms with Gasteiger partial charge in [-0.25, -0.2) is 0 Å². The maximum atomic E-state index is 5.80. The van der Waals surface area contributed by atoms with E-state index in [1.54, 1.807) is 7.11 Å². The van der Waals surface area contributed by atoms with Crippen LogP contribution in [-0.2, 0) is 20.0 Å². The van der Waals surface area contributed by atoms with E-state index in [4.69, 9.17) is 14.2 Å². The molecule has 3 heteroatoms. The Balaban J connectivity index is 1.88. The third-order valence-corrected chi connectivity index (χ3v) is 4.12. The predicted molar refractivity (Wildman–Crippen MR) is 90.9 cm³/mol. The van der Waals surface area contributed by atoms with Crippen LogP contribution >= 0.6 is 0 Å². The van der Waals surface area contributed by atoms with E-state index in [2.05, 4.69) is 36.4 Å². The molecule has 3 rings (SSSR count). The van der Waals surface area contributed by atoms with Crippen LogP contribution in [0, 0.1) is 0 Å². The van der Waals surface area contributed by atoms with E-state index < -0.39 is 5.79 Å². The van der Waals surface area contributed by atoms with Gasteiger partial charge >= 0.3 is 0 Å². The third-order valence-electron chi connectivity index (χ3n) is 4.12. The number of hydrogen-bond donors (Lipinski definition) is 0. The Morgan fingerprint density at radius 1 is 1.00 bits per heavy atom. The molecule has 3 nitrogen and oxygen atoms in total. The SMILES string of the molecule is COC(/C=C/c1ccccc1C1(C)OCCO1)c1ccccc1. The molecule has 120 valence electrons. The van der Waals surface area contributed by atoms with Crippen LogP contribution in [0.2, 0.25) is 0 Å². The average Bonchev–Trinajstić information content (AvgIpc) is 3.04. The maximum absolute atomic E-state index is 5.80. The van der Waals surface area contributed by atoms with Gasteiger partial charge in [-0.2, -0.15) is 0 Å². The predicted octanol–water partition coefficient (Wildman–Crippen LogP) is 4.31. The van der Waals surface area contributed by atoms with Gasteiger partial charge in [0, 0.05) is 12.7 Å². The summed E-state index contributed by atoms with van der Waals surface area (Å²) in [6.07, 6.45) is 4.06. The Kier molecular flexibility index (Phi) is 4.91. The van der Waals surface area contributed by atoms with Crippen molar-refractivity contribution in [3.05, 3.63) is 77.4 Å². The van der Waals surface area contributed by atoms with E-state index in [1.807, 2.05) is 37.3 Å². The van der Waals surface area contributed by atoms with Crippen molar-refractivity contribution in [2.75, 3.05) is 20.3 Å². The molecule has 1 aliphatic heterocycles. The van der Waals surface area contributed by atoms with Gasteiger partial charge < -0.3 is 14.2 Å². The maximum Gasteiger partial charge on any atom is 0.192 e. The van der Waals surface area contributed by atoms with Gasteiger partial charge in [0.25, 0.3) is 0 Å². The third kappa shape index (κ3) is 3.53. The topological polar surface area (TPSA) is 27.7 Å². The fourth-order valence-electron chi connectivity index (χ4n) is 2.89. The summed E-state index contributed by atoms with van der Waals surface area (Å²) in [7, 11) is 1.72. The van der Waals surface area contributed by atoms with E-state index in [0.717, 1.165) is 16.7 Å². The molecular formula is C20H22O3. The molecule has 1 heterocycles. The molecule has 0 bridgehead atoms. The molecule has 0 amide bonds. The minimum absolute atomic E-state index is 0.0810. The van der Waals surface area contributed by atoms with Gasteiger partial charge in [-0.15, -0.1) is 0 Å². The summed E-state index contributed by atoms with van der Waals surface area (Å²) in [6.45, 7) is 3.22. The number of hydrogen-bond acceptors (Lipinski definition) is 3. The molecule has 0 N–H and O–H groups in total. The number of methoxy groups -OCH3 is 1. The molecule has 0 radical (unpaired) electrons. The zero-order valence-corrected chi connectivity index (χ0v) is 13.6. The largest absolute Gasteiger partial charge is 0.373 e. The quantitative estimate of drug-likeness (QED) is 0.824. The van der Waals surface area contributed by atoms with Crippen molar-refractivity contribution >= 4 is 6.08 Å². The first-order valence-corrected chi connectivity index (χ1v) is 7.86. The first kappa shape index (κ1) is 15.9. The molecule has 23 heavy (non-hydrogen) atoms. The zero-order chi connectivity index (χ0) is 16.1. The van der Waals surface area contributed by atoms with Crippen LogP contribution in [0.4, 0.5) is 0 Å². The van der Waals surface area contributed by atoms with Crippen LogP contribution in [0.5, 0.6) is 0 Å². The van der Waals surface area contributed by atoms with Crippen molar-refractivity contribution in [3.63, 3.8) is 0 Å². The van der Waals surface area contributed by atoms with Gasteiger partial charge in [-0.3, -0.25) is 0 Å². The zero-order valence-electron chi connectivity index (χ0n) is 13.6. The van der Waals surface area contributed by atoms with E-state index in [9.17, 15) is 0 Å².